The van der Waals surface area contributed by atoms with E-state index in [1.165, 1.54) is 6.07 Å². The van der Waals surface area contributed by atoms with Crippen molar-refractivity contribution in [2.45, 2.75) is 13.8 Å². The van der Waals surface area contributed by atoms with Gasteiger partial charge in [0.2, 0.25) is 0 Å². The number of amides is 1. The predicted molar refractivity (Wildman–Crippen MR) is 90.4 cm³/mol. The maximum atomic E-state index is 12.5. The Labute approximate surface area is 143 Å². The molecule has 0 fully saturated rings. The van der Waals surface area contributed by atoms with Gasteiger partial charge in [0.25, 0.3) is 5.91 Å². The average molecular weight is 334 g/mol. The Kier molecular flexibility index (Phi) is 4.39. The lowest BCUT2D eigenvalue weighted by atomic mass is 10.2. The van der Waals surface area contributed by atoms with Gasteiger partial charge in [-0.3, -0.25) is 4.79 Å². The van der Waals surface area contributed by atoms with Crippen LogP contribution in [0.2, 0.25) is 0 Å². The Hall–Kier alpha value is -3.73. The molecule has 0 aliphatic carbocycles. The third kappa shape index (κ3) is 3.79. The molecule has 0 bridgehead atoms. The molecule has 0 aliphatic heterocycles. The number of nitriles is 1. The van der Waals surface area contributed by atoms with Crippen LogP contribution in [-0.2, 0) is 0 Å². The van der Waals surface area contributed by atoms with E-state index in [9.17, 15) is 4.79 Å². The fourth-order valence-electron chi connectivity index (χ4n) is 2.18. The van der Waals surface area contributed by atoms with Gasteiger partial charge in [0, 0.05) is 12.1 Å². The van der Waals surface area contributed by atoms with Gasteiger partial charge in [-0.25, -0.2) is 9.97 Å². The molecule has 0 unspecified atom stereocenters. The topological polar surface area (TPSA) is 117 Å². The summed E-state index contributed by atoms with van der Waals surface area (Å²) in [6.07, 6.45) is 0. The first-order valence-corrected chi connectivity index (χ1v) is 7.41. The molecule has 124 valence electrons. The highest BCUT2D eigenvalue weighted by molar-refractivity contribution is 6.04. The van der Waals surface area contributed by atoms with E-state index >= 15 is 0 Å². The van der Waals surface area contributed by atoms with Gasteiger partial charge in [-0.15, -0.1) is 0 Å². The van der Waals surface area contributed by atoms with Gasteiger partial charge < -0.3 is 15.2 Å². The average Bonchev–Trinajstić information content (AvgIpc) is 2.99. The fourth-order valence-corrected chi connectivity index (χ4v) is 2.18. The molecule has 1 aromatic carbocycles. The van der Waals surface area contributed by atoms with E-state index in [-0.39, 0.29) is 5.69 Å². The lowest BCUT2D eigenvalue weighted by Gasteiger charge is -2.08. The van der Waals surface area contributed by atoms with Crippen molar-refractivity contribution in [3.05, 3.63) is 59.2 Å². The molecule has 8 nitrogen and oxygen atoms in total. The number of nitrogens with one attached hydrogen (secondary N) is 2. The number of anilines is 3. The Morgan fingerprint density at radius 1 is 1.16 bits per heavy atom. The first-order chi connectivity index (χ1) is 12.0. The molecule has 0 saturated heterocycles. The highest BCUT2D eigenvalue weighted by Crippen LogP contribution is 2.18. The first kappa shape index (κ1) is 16.1. The van der Waals surface area contributed by atoms with Gasteiger partial charge in [-0.2, -0.15) is 5.26 Å². The number of benzene rings is 1. The second kappa shape index (κ2) is 6.80. The number of nitrogens with zero attached hydrogens (tertiary/aromatic N) is 4. The van der Waals surface area contributed by atoms with Crippen molar-refractivity contribution < 1.29 is 9.32 Å². The van der Waals surface area contributed by atoms with Crippen molar-refractivity contribution in [3.63, 3.8) is 0 Å². The minimum atomic E-state index is -0.437. The van der Waals surface area contributed by atoms with Crippen LogP contribution in [0.25, 0.3) is 0 Å². The molecular formula is C17H14N6O2. The summed E-state index contributed by atoms with van der Waals surface area (Å²) >= 11 is 0. The molecule has 3 aromatic rings. The summed E-state index contributed by atoms with van der Waals surface area (Å²) in [5, 5.41) is 18.6. The second-order valence-corrected chi connectivity index (χ2v) is 5.24. The summed E-state index contributed by atoms with van der Waals surface area (Å²) in [7, 11) is 0. The zero-order valence-corrected chi connectivity index (χ0v) is 13.6. The summed E-state index contributed by atoms with van der Waals surface area (Å²) in [5.41, 5.74) is 0.967. The molecule has 25 heavy (non-hydrogen) atoms. The van der Waals surface area contributed by atoms with Crippen LogP contribution in [0.5, 0.6) is 0 Å². The number of carbonyl (C=O) groups is 1. The third-order valence-electron chi connectivity index (χ3n) is 3.25. The number of para-hydroxylation sites is 1. The Morgan fingerprint density at radius 3 is 2.68 bits per heavy atom. The Balaban J connectivity index is 1.84. The van der Waals surface area contributed by atoms with Crippen LogP contribution < -0.4 is 10.6 Å². The number of aryl methyl sites for hydroxylation is 2. The van der Waals surface area contributed by atoms with E-state index in [1.807, 2.05) is 6.07 Å². The standard InChI is InChI=1S/C17H14N6O2/c1-10-7-16(23-25-10)22-15-8-14(19-11(2)20-15)17(24)21-13-6-4-3-5-12(13)9-18/h3-8H,1-2H3,(H,21,24)(H,19,20,22,23). The smallest absolute Gasteiger partial charge is 0.274 e. The number of hydrogen-bond acceptors (Lipinski definition) is 7. The van der Waals surface area contributed by atoms with Gasteiger partial charge >= 0.3 is 0 Å². The molecule has 0 atom stereocenters. The first-order valence-electron chi connectivity index (χ1n) is 7.41. The highest BCUT2D eigenvalue weighted by atomic mass is 16.5. The second-order valence-electron chi connectivity index (χ2n) is 5.24. The van der Waals surface area contributed by atoms with E-state index in [2.05, 4.69) is 25.8 Å². The summed E-state index contributed by atoms with van der Waals surface area (Å²) in [6, 6.07) is 12.0. The van der Waals surface area contributed by atoms with Crippen molar-refractivity contribution in [2.24, 2.45) is 0 Å². The molecule has 2 aromatic heterocycles. The summed E-state index contributed by atoms with van der Waals surface area (Å²) in [4.78, 5) is 20.8. The van der Waals surface area contributed by atoms with Crippen molar-refractivity contribution in [3.8, 4) is 6.07 Å². The SMILES string of the molecule is Cc1nc(Nc2cc(C)on2)cc(C(=O)Nc2ccccc2C#N)n1. The molecule has 3 rings (SSSR count). The molecule has 0 aliphatic rings. The van der Waals surface area contributed by atoms with Crippen LogP contribution in [0.4, 0.5) is 17.3 Å². The lowest BCUT2D eigenvalue weighted by Crippen LogP contribution is -2.16. The largest absolute Gasteiger partial charge is 0.360 e. The van der Waals surface area contributed by atoms with Crippen LogP contribution >= 0.6 is 0 Å². The molecule has 0 spiro atoms. The van der Waals surface area contributed by atoms with Crippen molar-refractivity contribution in [1.82, 2.24) is 15.1 Å². The van der Waals surface area contributed by atoms with Crippen LogP contribution in [0.3, 0.4) is 0 Å². The minimum Gasteiger partial charge on any atom is -0.360 e. The molecule has 2 N–H and O–H groups in total. The molecule has 8 heteroatoms. The van der Waals surface area contributed by atoms with Crippen LogP contribution in [0.15, 0.2) is 40.9 Å². The van der Waals surface area contributed by atoms with E-state index in [0.29, 0.717) is 34.5 Å². The minimum absolute atomic E-state index is 0.169. The van der Waals surface area contributed by atoms with Crippen LogP contribution in [0, 0.1) is 25.2 Å². The van der Waals surface area contributed by atoms with Crippen LogP contribution in [-0.4, -0.2) is 21.0 Å². The fraction of sp³-hybridized carbons (Fsp3) is 0.118. The zero-order valence-electron chi connectivity index (χ0n) is 13.6. The summed E-state index contributed by atoms with van der Waals surface area (Å²) in [5.74, 6) is 1.53. The number of carbonyl (C=O) groups excluding carboxylic acids is 1. The van der Waals surface area contributed by atoms with Gasteiger partial charge in [-0.1, -0.05) is 17.3 Å². The molecule has 1 amide bonds. The number of hydrogen-bond donors (Lipinski definition) is 2. The molecule has 0 radical (unpaired) electrons. The third-order valence-corrected chi connectivity index (χ3v) is 3.25. The van der Waals surface area contributed by atoms with E-state index in [4.69, 9.17) is 9.78 Å². The maximum absolute atomic E-state index is 12.5. The Morgan fingerprint density at radius 2 is 1.96 bits per heavy atom. The maximum Gasteiger partial charge on any atom is 0.274 e. The van der Waals surface area contributed by atoms with E-state index in [1.54, 1.807) is 44.2 Å². The van der Waals surface area contributed by atoms with Crippen LogP contribution in [0.1, 0.15) is 27.6 Å². The highest BCUT2D eigenvalue weighted by Gasteiger charge is 2.13. The number of rotatable bonds is 4. The molecular weight excluding hydrogens is 320 g/mol. The van der Waals surface area contributed by atoms with Gasteiger partial charge in [-0.05, 0) is 26.0 Å². The Bertz CT molecular complexity index is 973. The summed E-state index contributed by atoms with van der Waals surface area (Å²) in [6.45, 7) is 3.45. The van der Waals surface area contributed by atoms with Gasteiger partial charge in [0.15, 0.2) is 5.82 Å². The normalized spacial score (nSPS) is 10.1. The van der Waals surface area contributed by atoms with Crippen molar-refractivity contribution >= 4 is 23.2 Å². The summed E-state index contributed by atoms with van der Waals surface area (Å²) < 4.78 is 4.98. The monoisotopic (exact) mass is 334 g/mol. The van der Waals surface area contributed by atoms with Gasteiger partial charge in [0.05, 0.1) is 11.3 Å². The molecule has 0 saturated carbocycles. The lowest BCUT2D eigenvalue weighted by molar-refractivity contribution is 0.102. The van der Waals surface area contributed by atoms with Crippen molar-refractivity contribution in [2.75, 3.05) is 10.6 Å². The van der Waals surface area contributed by atoms with E-state index < -0.39 is 5.91 Å². The zero-order chi connectivity index (χ0) is 17.8. The quantitative estimate of drug-likeness (QED) is 0.753. The van der Waals surface area contributed by atoms with Gasteiger partial charge in [0.1, 0.15) is 29.2 Å². The van der Waals surface area contributed by atoms with E-state index in [0.717, 1.165) is 0 Å². The molecule has 2 heterocycles. The van der Waals surface area contributed by atoms with Crippen molar-refractivity contribution in [1.29, 1.82) is 5.26 Å². The predicted octanol–water partition coefficient (Wildman–Crippen LogP) is 2.95. The number of aromatic nitrogens is 3.